The number of aliphatic hydroxyl groups is 1. The van der Waals surface area contributed by atoms with E-state index in [1.807, 2.05) is 18.2 Å². The van der Waals surface area contributed by atoms with Crippen molar-refractivity contribution in [2.24, 2.45) is 0 Å². The smallest absolute Gasteiger partial charge is 0.224 e. The highest BCUT2D eigenvalue weighted by molar-refractivity contribution is 5.84. The van der Waals surface area contributed by atoms with Gasteiger partial charge in [0, 0.05) is 0 Å². The average Bonchev–Trinajstić information content (AvgIpc) is 2.42. The number of rotatable bonds is 4. The summed E-state index contributed by atoms with van der Waals surface area (Å²) < 4.78 is 19.0. The lowest BCUT2D eigenvalue weighted by Gasteiger charge is -2.20. The molecule has 2 rings (SSSR count). The number of fused-ring (bicyclic) bond motifs is 1. The van der Waals surface area contributed by atoms with Gasteiger partial charge in [0.05, 0.1) is 17.5 Å². The molecule has 0 saturated carbocycles. The molecule has 4 nitrogen and oxygen atoms in total. The minimum Gasteiger partial charge on any atom is -0.475 e. The summed E-state index contributed by atoms with van der Waals surface area (Å²) in [4.78, 5) is 8.38. The molecule has 21 heavy (non-hydrogen) atoms. The zero-order chi connectivity index (χ0) is 15.6. The molecule has 1 heterocycles. The summed E-state index contributed by atoms with van der Waals surface area (Å²) in [5, 5.41) is 9.66. The Balaban J connectivity index is 2.61. The van der Waals surface area contributed by atoms with Gasteiger partial charge in [-0.1, -0.05) is 26.8 Å². The summed E-state index contributed by atoms with van der Waals surface area (Å²) in [6.07, 6.45) is -1.27. The summed E-state index contributed by atoms with van der Waals surface area (Å²) >= 11 is 0. The van der Waals surface area contributed by atoms with Crippen LogP contribution in [0.15, 0.2) is 18.2 Å². The Bertz CT molecular complexity index is 636. The van der Waals surface area contributed by atoms with Crippen LogP contribution in [0.2, 0.25) is 0 Å². The average molecular weight is 292 g/mol. The zero-order valence-corrected chi connectivity index (χ0v) is 12.9. The van der Waals surface area contributed by atoms with Crippen LogP contribution >= 0.6 is 0 Å². The van der Waals surface area contributed by atoms with E-state index in [1.165, 1.54) is 6.92 Å². The Labute approximate surface area is 124 Å². The standard InChI is InChI=1S/C16H21FN2O2/c1-10(17)14-18-13-6-5-11(16(2,3)4)9-12(13)15(19-14)21-8-7-20/h5-6,9-10,20H,7-8H2,1-4H3. The van der Waals surface area contributed by atoms with Crippen molar-refractivity contribution in [3.05, 3.63) is 29.6 Å². The van der Waals surface area contributed by atoms with Gasteiger partial charge in [0.1, 0.15) is 6.61 Å². The topological polar surface area (TPSA) is 55.2 Å². The molecule has 0 radical (unpaired) electrons. The van der Waals surface area contributed by atoms with Crippen LogP contribution < -0.4 is 4.74 Å². The Morgan fingerprint density at radius 2 is 2.00 bits per heavy atom. The zero-order valence-electron chi connectivity index (χ0n) is 12.9. The summed E-state index contributed by atoms with van der Waals surface area (Å²) in [5.41, 5.74) is 1.74. The predicted octanol–water partition coefficient (Wildman–Crippen LogP) is 3.33. The number of hydrogen-bond acceptors (Lipinski definition) is 4. The molecule has 1 N–H and O–H groups in total. The van der Waals surface area contributed by atoms with Crippen molar-refractivity contribution >= 4 is 10.9 Å². The molecule has 0 aliphatic rings. The summed E-state index contributed by atoms with van der Waals surface area (Å²) in [6, 6.07) is 5.81. The first-order chi connectivity index (χ1) is 9.82. The maximum Gasteiger partial charge on any atom is 0.224 e. The Hall–Kier alpha value is -1.75. The molecule has 0 saturated heterocycles. The van der Waals surface area contributed by atoms with E-state index in [0.717, 1.165) is 10.9 Å². The Kier molecular flexibility index (Phi) is 4.42. The molecule has 114 valence electrons. The molecule has 5 heteroatoms. The van der Waals surface area contributed by atoms with Crippen molar-refractivity contribution in [2.75, 3.05) is 13.2 Å². The Morgan fingerprint density at radius 3 is 2.57 bits per heavy atom. The van der Waals surface area contributed by atoms with E-state index in [0.29, 0.717) is 11.4 Å². The van der Waals surface area contributed by atoms with E-state index in [2.05, 4.69) is 30.7 Å². The van der Waals surface area contributed by atoms with Gasteiger partial charge in [-0.05, 0) is 30.0 Å². The minimum absolute atomic E-state index is 0.0194. The molecule has 0 amide bonds. The predicted molar refractivity (Wildman–Crippen MR) is 80.3 cm³/mol. The fraction of sp³-hybridized carbons (Fsp3) is 0.500. The molecule has 0 aliphatic heterocycles. The number of halogens is 1. The van der Waals surface area contributed by atoms with Crippen molar-refractivity contribution in [2.45, 2.75) is 39.3 Å². The van der Waals surface area contributed by atoms with Gasteiger partial charge in [-0.3, -0.25) is 0 Å². The molecule has 1 aromatic carbocycles. The SMILES string of the molecule is CC(F)c1nc(OCCO)c2cc(C(C)(C)C)ccc2n1. The highest BCUT2D eigenvalue weighted by atomic mass is 19.1. The van der Waals surface area contributed by atoms with Gasteiger partial charge in [-0.15, -0.1) is 0 Å². The summed E-state index contributed by atoms with van der Waals surface area (Å²) in [7, 11) is 0. The first kappa shape index (κ1) is 15.6. The summed E-state index contributed by atoms with van der Waals surface area (Å²) in [5.74, 6) is 0.415. The molecular weight excluding hydrogens is 271 g/mol. The van der Waals surface area contributed by atoms with Crippen LogP contribution in [0.5, 0.6) is 5.88 Å². The maximum absolute atomic E-state index is 13.5. The summed E-state index contributed by atoms with van der Waals surface area (Å²) in [6.45, 7) is 7.72. The van der Waals surface area contributed by atoms with Crippen molar-refractivity contribution < 1.29 is 14.2 Å². The number of nitrogens with zero attached hydrogens (tertiary/aromatic N) is 2. The van der Waals surface area contributed by atoms with Crippen LogP contribution in [0.3, 0.4) is 0 Å². The fourth-order valence-electron chi connectivity index (χ4n) is 2.01. The van der Waals surface area contributed by atoms with E-state index in [1.54, 1.807) is 0 Å². The molecule has 0 spiro atoms. The third-order valence-corrected chi connectivity index (χ3v) is 3.23. The minimum atomic E-state index is -1.27. The first-order valence-electron chi connectivity index (χ1n) is 7.03. The molecule has 0 fully saturated rings. The molecule has 0 aliphatic carbocycles. The van der Waals surface area contributed by atoms with Crippen LogP contribution in [0.25, 0.3) is 10.9 Å². The normalized spacial score (nSPS) is 13.4. The van der Waals surface area contributed by atoms with Gasteiger partial charge in [0.25, 0.3) is 0 Å². The van der Waals surface area contributed by atoms with E-state index in [4.69, 9.17) is 9.84 Å². The second-order valence-corrected chi connectivity index (χ2v) is 6.06. The van der Waals surface area contributed by atoms with Gasteiger partial charge in [-0.25, -0.2) is 9.37 Å². The first-order valence-corrected chi connectivity index (χ1v) is 7.03. The lowest BCUT2D eigenvalue weighted by molar-refractivity contribution is 0.197. The van der Waals surface area contributed by atoms with E-state index in [-0.39, 0.29) is 24.5 Å². The third kappa shape index (κ3) is 3.47. The molecule has 1 atom stereocenters. The second kappa shape index (κ2) is 5.93. The highest BCUT2D eigenvalue weighted by Crippen LogP contribution is 2.30. The maximum atomic E-state index is 13.5. The van der Waals surface area contributed by atoms with Gasteiger partial charge in [0.15, 0.2) is 12.0 Å². The van der Waals surface area contributed by atoms with Gasteiger partial charge < -0.3 is 9.84 Å². The fourth-order valence-corrected chi connectivity index (χ4v) is 2.01. The van der Waals surface area contributed by atoms with Crippen molar-refractivity contribution in [3.63, 3.8) is 0 Å². The van der Waals surface area contributed by atoms with Crippen LogP contribution in [0.1, 0.15) is 45.3 Å². The molecule has 0 bridgehead atoms. The van der Waals surface area contributed by atoms with E-state index < -0.39 is 6.17 Å². The molecular formula is C16H21FN2O2. The van der Waals surface area contributed by atoms with Crippen molar-refractivity contribution in [1.29, 1.82) is 0 Å². The van der Waals surface area contributed by atoms with Gasteiger partial charge in [0.2, 0.25) is 5.88 Å². The van der Waals surface area contributed by atoms with E-state index >= 15 is 0 Å². The van der Waals surface area contributed by atoms with Gasteiger partial charge in [-0.2, -0.15) is 4.98 Å². The van der Waals surface area contributed by atoms with Crippen LogP contribution in [0.4, 0.5) is 4.39 Å². The van der Waals surface area contributed by atoms with Crippen LogP contribution in [-0.4, -0.2) is 28.3 Å². The number of hydrogen-bond donors (Lipinski definition) is 1. The second-order valence-electron chi connectivity index (χ2n) is 6.06. The number of alkyl halides is 1. The van der Waals surface area contributed by atoms with Crippen molar-refractivity contribution in [3.8, 4) is 5.88 Å². The quantitative estimate of drug-likeness (QED) is 0.939. The highest BCUT2D eigenvalue weighted by Gasteiger charge is 2.18. The van der Waals surface area contributed by atoms with Crippen LogP contribution in [-0.2, 0) is 5.41 Å². The lowest BCUT2D eigenvalue weighted by atomic mass is 9.86. The lowest BCUT2D eigenvalue weighted by Crippen LogP contribution is -2.12. The monoisotopic (exact) mass is 292 g/mol. The van der Waals surface area contributed by atoms with Gasteiger partial charge >= 0.3 is 0 Å². The third-order valence-electron chi connectivity index (χ3n) is 3.23. The number of ether oxygens (including phenoxy) is 1. The number of aromatic nitrogens is 2. The largest absolute Gasteiger partial charge is 0.475 e. The van der Waals surface area contributed by atoms with E-state index in [9.17, 15) is 4.39 Å². The molecule has 1 unspecified atom stereocenters. The molecule has 1 aromatic heterocycles. The van der Waals surface area contributed by atoms with Crippen LogP contribution in [0, 0.1) is 0 Å². The molecule has 2 aromatic rings. The number of aliphatic hydroxyl groups excluding tert-OH is 1. The number of benzene rings is 1. The Morgan fingerprint density at radius 1 is 1.29 bits per heavy atom. The van der Waals surface area contributed by atoms with Crippen molar-refractivity contribution in [1.82, 2.24) is 9.97 Å².